The first kappa shape index (κ1) is 14.2. The molecule has 0 radical (unpaired) electrons. The Hall–Kier alpha value is -3.22. The maximum atomic E-state index is 13.0. The van der Waals surface area contributed by atoms with E-state index in [1.54, 1.807) is 16.7 Å². The van der Waals surface area contributed by atoms with Gasteiger partial charge < -0.3 is 5.32 Å². The van der Waals surface area contributed by atoms with Gasteiger partial charge in [0.05, 0.1) is 0 Å². The van der Waals surface area contributed by atoms with Gasteiger partial charge in [-0.3, -0.25) is 9.20 Å². The van der Waals surface area contributed by atoms with E-state index in [-0.39, 0.29) is 17.8 Å². The number of amides is 3. The molecule has 7 nitrogen and oxygen atoms in total. The van der Waals surface area contributed by atoms with Crippen molar-refractivity contribution in [2.24, 2.45) is 0 Å². The second-order valence-electron chi connectivity index (χ2n) is 6.60. The van der Waals surface area contributed by atoms with Gasteiger partial charge in [0.25, 0.3) is 5.91 Å². The topological polar surface area (TPSA) is 79.6 Å². The van der Waals surface area contributed by atoms with E-state index in [2.05, 4.69) is 27.6 Å². The van der Waals surface area contributed by atoms with E-state index in [1.165, 1.54) is 5.56 Å². The Kier molecular flexibility index (Phi) is 2.77. The lowest BCUT2D eigenvalue weighted by atomic mass is 9.65. The van der Waals surface area contributed by atoms with E-state index in [4.69, 9.17) is 0 Å². The summed E-state index contributed by atoms with van der Waals surface area (Å²) < 4.78 is 1.64. The average molecular weight is 333 g/mol. The van der Waals surface area contributed by atoms with Gasteiger partial charge in [0, 0.05) is 6.20 Å². The molecule has 1 aromatic carbocycles. The fourth-order valence-corrected chi connectivity index (χ4v) is 3.80. The molecule has 0 bridgehead atoms. The van der Waals surface area contributed by atoms with Gasteiger partial charge in [0.1, 0.15) is 5.54 Å². The van der Waals surface area contributed by atoms with Gasteiger partial charge in [-0.05, 0) is 36.5 Å². The first-order valence-corrected chi connectivity index (χ1v) is 8.19. The molecule has 124 valence electrons. The number of carbonyl (C=O) groups excluding carboxylic acids is 2. The highest BCUT2D eigenvalue weighted by Gasteiger charge is 2.60. The van der Waals surface area contributed by atoms with Crippen LogP contribution in [0.5, 0.6) is 0 Å². The van der Waals surface area contributed by atoms with Gasteiger partial charge in [0.15, 0.2) is 5.65 Å². The molecule has 2 aliphatic rings. The Morgan fingerprint density at radius 2 is 1.76 bits per heavy atom. The van der Waals surface area contributed by atoms with Crippen molar-refractivity contribution in [2.75, 3.05) is 4.90 Å². The summed E-state index contributed by atoms with van der Waals surface area (Å²) in [4.78, 5) is 26.6. The molecule has 1 spiro atoms. The molecule has 0 atom stereocenters. The Morgan fingerprint density at radius 3 is 2.56 bits per heavy atom. The average Bonchev–Trinajstić information content (AvgIpc) is 3.13. The van der Waals surface area contributed by atoms with Crippen LogP contribution >= 0.6 is 0 Å². The lowest BCUT2D eigenvalue weighted by Gasteiger charge is -2.42. The molecular weight excluding hydrogens is 318 g/mol. The number of pyridine rings is 1. The number of nitrogens with one attached hydrogen (secondary N) is 1. The van der Waals surface area contributed by atoms with Crippen LogP contribution in [0.4, 0.5) is 10.7 Å². The van der Waals surface area contributed by atoms with Crippen molar-refractivity contribution in [1.29, 1.82) is 0 Å². The zero-order valence-corrected chi connectivity index (χ0v) is 13.3. The summed E-state index contributed by atoms with van der Waals surface area (Å²) in [7, 11) is 0. The van der Waals surface area contributed by atoms with Gasteiger partial charge in [-0.15, -0.1) is 10.2 Å². The Labute approximate surface area is 143 Å². The lowest BCUT2D eigenvalue weighted by molar-refractivity contribution is -0.125. The van der Waals surface area contributed by atoms with Crippen LogP contribution in [0.2, 0.25) is 0 Å². The zero-order chi connectivity index (χ0) is 17.0. The first-order valence-electron chi connectivity index (χ1n) is 8.19. The quantitative estimate of drug-likeness (QED) is 0.728. The number of fused-ring (bicyclic) bond motifs is 1. The molecule has 5 rings (SSSR count). The van der Waals surface area contributed by atoms with E-state index >= 15 is 0 Å². The van der Waals surface area contributed by atoms with E-state index in [0.29, 0.717) is 18.5 Å². The largest absolute Gasteiger partial charge is 0.332 e. The van der Waals surface area contributed by atoms with Crippen molar-refractivity contribution in [1.82, 2.24) is 19.9 Å². The molecule has 3 amide bonds. The van der Waals surface area contributed by atoms with Gasteiger partial charge in [0.2, 0.25) is 5.95 Å². The molecule has 25 heavy (non-hydrogen) atoms. The molecule has 1 aliphatic heterocycles. The van der Waals surface area contributed by atoms with E-state index in [1.807, 2.05) is 30.3 Å². The standard InChI is InChI=1S/C18H15N5O2/c24-15-18(10-13(11-18)12-6-2-1-3-7-12)19-17(25)23(15)16-21-20-14-8-4-5-9-22(14)16/h1-9,13H,10-11H2,(H,19,25). The number of anilines is 1. The number of hydrogen-bond acceptors (Lipinski definition) is 4. The number of hydrogen-bond donors (Lipinski definition) is 1. The smallest absolute Gasteiger partial charge is 0.323 e. The van der Waals surface area contributed by atoms with E-state index in [0.717, 1.165) is 4.90 Å². The fraction of sp³-hybridized carbons (Fsp3) is 0.222. The highest BCUT2D eigenvalue weighted by molar-refractivity contribution is 6.23. The number of benzene rings is 1. The van der Waals surface area contributed by atoms with Crippen LogP contribution < -0.4 is 10.2 Å². The van der Waals surface area contributed by atoms with Gasteiger partial charge >= 0.3 is 6.03 Å². The van der Waals surface area contributed by atoms with Crippen molar-refractivity contribution >= 4 is 23.5 Å². The van der Waals surface area contributed by atoms with Crippen LogP contribution in [-0.2, 0) is 4.79 Å². The Morgan fingerprint density at radius 1 is 1.00 bits per heavy atom. The molecule has 1 saturated carbocycles. The number of urea groups is 1. The van der Waals surface area contributed by atoms with Crippen LogP contribution in [0.1, 0.15) is 24.3 Å². The molecule has 2 fully saturated rings. The molecule has 1 aliphatic carbocycles. The van der Waals surface area contributed by atoms with E-state index in [9.17, 15) is 9.59 Å². The second kappa shape index (κ2) is 4.89. The number of rotatable bonds is 2. The summed E-state index contributed by atoms with van der Waals surface area (Å²) >= 11 is 0. The highest BCUT2D eigenvalue weighted by atomic mass is 16.2. The Bertz CT molecular complexity index is 991. The number of nitrogens with zero attached hydrogens (tertiary/aromatic N) is 4. The second-order valence-corrected chi connectivity index (χ2v) is 6.60. The zero-order valence-electron chi connectivity index (χ0n) is 13.3. The van der Waals surface area contributed by atoms with Crippen LogP contribution in [0.3, 0.4) is 0 Å². The van der Waals surface area contributed by atoms with Crippen LogP contribution in [0, 0.1) is 0 Å². The van der Waals surface area contributed by atoms with Crippen molar-refractivity contribution < 1.29 is 9.59 Å². The van der Waals surface area contributed by atoms with E-state index < -0.39 is 11.6 Å². The molecule has 1 N–H and O–H groups in total. The third kappa shape index (κ3) is 1.92. The van der Waals surface area contributed by atoms with Crippen LogP contribution in [-0.4, -0.2) is 32.1 Å². The van der Waals surface area contributed by atoms with Crippen molar-refractivity contribution in [3.8, 4) is 0 Å². The van der Waals surface area contributed by atoms with Gasteiger partial charge in [-0.25, -0.2) is 4.79 Å². The van der Waals surface area contributed by atoms with Gasteiger partial charge in [-0.1, -0.05) is 36.4 Å². The lowest BCUT2D eigenvalue weighted by Crippen LogP contribution is -2.56. The molecular formula is C18H15N5O2. The number of aromatic nitrogens is 3. The molecule has 1 saturated heterocycles. The number of carbonyl (C=O) groups is 2. The molecule has 7 heteroatoms. The van der Waals surface area contributed by atoms with Crippen molar-refractivity contribution in [3.05, 3.63) is 60.3 Å². The normalized spacial score (nSPS) is 25.4. The van der Waals surface area contributed by atoms with Crippen LogP contribution in [0.25, 0.3) is 5.65 Å². The maximum Gasteiger partial charge on any atom is 0.332 e. The van der Waals surface area contributed by atoms with Crippen molar-refractivity contribution in [2.45, 2.75) is 24.3 Å². The minimum atomic E-state index is -0.821. The number of imide groups is 1. The van der Waals surface area contributed by atoms with Crippen molar-refractivity contribution in [3.63, 3.8) is 0 Å². The predicted molar refractivity (Wildman–Crippen MR) is 90.2 cm³/mol. The monoisotopic (exact) mass is 333 g/mol. The predicted octanol–water partition coefficient (Wildman–Crippen LogP) is 2.10. The Balaban J connectivity index is 1.45. The first-order chi connectivity index (χ1) is 12.2. The molecule has 2 aromatic heterocycles. The summed E-state index contributed by atoms with van der Waals surface area (Å²) in [5, 5.41) is 10.9. The summed E-state index contributed by atoms with van der Waals surface area (Å²) in [6.07, 6.45) is 2.95. The molecule has 0 unspecified atom stereocenters. The van der Waals surface area contributed by atoms with Crippen LogP contribution in [0.15, 0.2) is 54.7 Å². The molecule has 3 heterocycles. The summed E-state index contributed by atoms with van der Waals surface area (Å²) in [5.74, 6) is 0.265. The minimum Gasteiger partial charge on any atom is -0.323 e. The molecule has 3 aromatic rings. The van der Waals surface area contributed by atoms with Gasteiger partial charge in [-0.2, -0.15) is 4.90 Å². The fourth-order valence-electron chi connectivity index (χ4n) is 3.80. The summed E-state index contributed by atoms with van der Waals surface area (Å²) in [6, 6.07) is 15.0. The minimum absolute atomic E-state index is 0.234. The summed E-state index contributed by atoms with van der Waals surface area (Å²) in [5.41, 5.74) is 0.967. The third-order valence-electron chi connectivity index (χ3n) is 5.12. The SMILES string of the molecule is O=C1NC2(CC(c3ccccc3)C2)C(=O)N1c1nnc2ccccn12. The third-order valence-corrected chi connectivity index (χ3v) is 5.12. The summed E-state index contributed by atoms with van der Waals surface area (Å²) in [6.45, 7) is 0. The maximum absolute atomic E-state index is 13.0. The highest BCUT2D eigenvalue weighted by Crippen LogP contribution is 2.48.